The molecule has 0 aliphatic carbocycles. The van der Waals surface area contributed by atoms with Gasteiger partial charge in [0.1, 0.15) is 5.75 Å². The minimum absolute atomic E-state index is 0.0643. The van der Waals surface area contributed by atoms with Gasteiger partial charge in [-0.1, -0.05) is 57.6 Å². The maximum atomic E-state index is 12.8. The number of hydrogen-bond acceptors (Lipinski definition) is 11. The first kappa shape index (κ1) is 54.9. The van der Waals surface area contributed by atoms with Crippen molar-refractivity contribution >= 4 is 69.4 Å². The van der Waals surface area contributed by atoms with Gasteiger partial charge in [0.25, 0.3) is 46.4 Å². The molecule has 3 heterocycles. The zero-order chi connectivity index (χ0) is 51.2. The first-order valence-electron chi connectivity index (χ1n) is 22.3. The molecule has 22 heteroatoms. The van der Waals surface area contributed by atoms with Crippen LogP contribution in [-0.2, 0) is 60.9 Å². The highest BCUT2D eigenvalue weighted by atomic mass is 32.2. The van der Waals surface area contributed by atoms with Crippen LogP contribution in [0.2, 0.25) is 0 Å². The summed E-state index contributed by atoms with van der Waals surface area (Å²) in [6.45, 7) is 11.8. The van der Waals surface area contributed by atoms with Crippen LogP contribution >= 0.6 is 0 Å². The van der Waals surface area contributed by atoms with Crippen LogP contribution in [0.3, 0.4) is 0 Å². The van der Waals surface area contributed by atoms with Crippen molar-refractivity contribution < 1.29 is 66.0 Å². The van der Waals surface area contributed by atoms with Gasteiger partial charge >= 0.3 is 0 Å². The third kappa shape index (κ3) is 14.5. The van der Waals surface area contributed by atoms with Gasteiger partial charge in [0.2, 0.25) is 11.6 Å². The molecular formula is C47H61N4O14S4+. The minimum atomic E-state index is -4.58. The summed E-state index contributed by atoms with van der Waals surface area (Å²) in [4.78, 5) is 27.3. The zero-order valence-corrected chi connectivity index (χ0v) is 42.3. The van der Waals surface area contributed by atoms with E-state index in [-0.39, 0.29) is 41.1 Å². The number of fused-ring (bicyclic) bond motifs is 2. The summed E-state index contributed by atoms with van der Waals surface area (Å²) < 4.78 is 136. The third-order valence-corrected chi connectivity index (χ3v) is 15.5. The molecule has 0 saturated carbocycles. The van der Waals surface area contributed by atoms with Crippen LogP contribution in [0.15, 0.2) is 118 Å². The minimum Gasteiger partial charge on any atom is -0.356 e. The average Bonchev–Trinajstić information content (AvgIpc) is 3.76. The molecule has 5 N–H and O–H groups in total. The van der Waals surface area contributed by atoms with E-state index in [0.29, 0.717) is 72.0 Å². The largest absolute Gasteiger partial charge is 0.356 e. The standard InChI is InChI=1S/C47H60N4O14S4/c1-34-20-25-45(53)49(34)27-11-7-6-10-26-48-44(52)19-9-8-14-35(15-12-17-42-46(2,3)38-32-36(68(60,61)62)21-23-40(38)50(42)28-30-66(54,55)56)16-13-18-43-47(4,5)39-33-37(69(63,64)65)22-24-41(39)51(43)29-31-67(57,58)59/h12-13,15-18,20-25,32-33H,1,6-11,14,19,26-31H2,2-5H3,(H4-,48,52,54,55,56,57,58,59,60,61,62,63,64,65)/p+1. The number of hydrogen-bond donors (Lipinski definition) is 5. The Kier molecular flexibility index (Phi) is 17.4. The molecule has 2 aromatic carbocycles. The monoisotopic (exact) mass is 1030 g/mol. The lowest BCUT2D eigenvalue weighted by molar-refractivity contribution is -0.432. The van der Waals surface area contributed by atoms with Crippen molar-refractivity contribution in [3.63, 3.8) is 0 Å². The Balaban J connectivity index is 1.38. The summed E-state index contributed by atoms with van der Waals surface area (Å²) in [5.41, 5.74) is 2.66. The van der Waals surface area contributed by atoms with Gasteiger partial charge in [-0.2, -0.15) is 38.2 Å². The first-order chi connectivity index (χ1) is 32.0. The third-order valence-electron chi connectivity index (χ3n) is 12.4. The summed E-state index contributed by atoms with van der Waals surface area (Å²) in [7, 11) is -18.0. The average molecular weight is 1030 g/mol. The topological polar surface area (TPSA) is 273 Å². The molecular weight excluding hydrogens is 973 g/mol. The summed E-state index contributed by atoms with van der Waals surface area (Å²) >= 11 is 0. The predicted octanol–water partition coefficient (Wildman–Crippen LogP) is 6.20. The van der Waals surface area contributed by atoms with E-state index in [1.54, 1.807) is 84.6 Å². The van der Waals surface area contributed by atoms with Gasteiger partial charge in [0.05, 0.1) is 21.0 Å². The van der Waals surface area contributed by atoms with Crippen molar-refractivity contribution in [2.75, 3.05) is 42.6 Å². The van der Waals surface area contributed by atoms with Gasteiger partial charge in [-0.05, 0) is 99.6 Å². The maximum absolute atomic E-state index is 12.8. The number of carbonyl (C=O) groups is 2. The number of allylic oxidation sites excluding steroid dienone is 9. The Morgan fingerprint density at radius 2 is 1.35 bits per heavy atom. The number of unbranched alkanes of at least 4 members (excludes halogenated alkanes) is 4. The summed E-state index contributed by atoms with van der Waals surface area (Å²) in [6, 6.07) is 7.97. The highest BCUT2D eigenvalue weighted by Gasteiger charge is 2.45. The molecule has 18 nitrogen and oxygen atoms in total. The molecule has 0 aromatic heterocycles. The molecule has 0 atom stereocenters. The van der Waals surface area contributed by atoms with E-state index in [4.69, 9.17) is 0 Å². The molecule has 376 valence electrons. The Morgan fingerprint density at radius 1 is 0.725 bits per heavy atom. The van der Waals surface area contributed by atoms with Crippen molar-refractivity contribution in [3.8, 4) is 0 Å². The quantitative estimate of drug-likeness (QED) is 0.0339. The van der Waals surface area contributed by atoms with Crippen LogP contribution < -0.4 is 10.2 Å². The van der Waals surface area contributed by atoms with E-state index >= 15 is 0 Å². The molecule has 2 amide bonds. The number of anilines is 1. The number of nitrogens with one attached hydrogen (secondary N) is 1. The van der Waals surface area contributed by atoms with Gasteiger partial charge in [-0.25, -0.2) is 0 Å². The van der Waals surface area contributed by atoms with E-state index in [2.05, 4.69) is 11.9 Å². The molecule has 0 radical (unpaired) electrons. The lowest BCUT2D eigenvalue weighted by Crippen LogP contribution is -2.30. The number of carbonyl (C=O) groups excluding carboxylic acids is 2. The smallest absolute Gasteiger partial charge is 0.294 e. The van der Waals surface area contributed by atoms with Gasteiger partial charge < -0.3 is 15.1 Å². The van der Waals surface area contributed by atoms with Gasteiger partial charge in [0, 0.05) is 72.3 Å². The van der Waals surface area contributed by atoms with Gasteiger partial charge in [-0.3, -0.25) is 27.8 Å². The first-order valence-corrected chi connectivity index (χ1v) is 28.4. The van der Waals surface area contributed by atoms with Gasteiger partial charge in [-0.15, -0.1) is 0 Å². The fourth-order valence-corrected chi connectivity index (χ4v) is 10.5. The van der Waals surface area contributed by atoms with Crippen LogP contribution in [0.1, 0.15) is 90.2 Å². The molecule has 2 aromatic rings. The molecule has 5 rings (SSSR count). The van der Waals surface area contributed by atoms with E-state index < -0.39 is 62.8 Å². The molecule has 0 fully saturated rings. The lowest BCUT2D eigenvalue weighted by atomic mass is 9.81. The van der Waals surface area contributed by atoms with Gasteiger partial charge in [0.15, 0.2) is 12.3 Å². The maximum Gasteiger partial charge on any atom is 0.294 e. The number of nitrogens with zero attached hydrogens (tertiary/aromatic N) is 3. The van der Waals surface area contributed by atoms with Crippen LogP contribution in [-0.4, -0.2) is 117 Å². The second kappa shape index (κ2) is 21.9. The molecule has 0 bridgehead atoms. The Morgan fingerprint density at radius 3 is 1.97 bits per heavy atom. The van der Waals surface area contributed by atoms with E-state index in [1.165, 1.54) is 42.5 Å². The second-order valence-electron chi connectivity index (χ2n) is 18.1. The SMILES string of the molecule is C=C1C=CC(=O)N1CCCCCCNC(=O)CCCCC(C=CC=C1N(CCS(=O)(=O)O)c2ccc(S(=O)(=O)O)cc2C1(C)C)=CC=CC1=[N+](CCS(=O)(=O)O)c2ccc(S(=O)(=O)O)cc2C1(C)C. The van der Waals surface area contributed by atoms with Crippen molar-refractivity contribution in [1.82, 2.24) is 10.2 Å². The molecule has 3 aliphatic heterocycles. The second-order valence-corrected chi connectivity index (χ2v) is 24.1. The number of rotatable bonds is 24. The summed E-state index contributed by atoms with van der Waals surface area (Å²) in [5.74, 6) is -1.44. The Hall–Kier alpha value is -5.07. The van der Waals surface area contributed by atoms with Crippen molar-refractivity contribution in [3.05, 3.63) is 120 Å². The van der Waals surface area contributed by atoms with Crippen LogP contribution in [0, 0.1) is 0 Å². The summed E-state index contributed by atoms with van der Waals surface area (Å²) in [5, 5.41) is 2.96. The molecule has 0 spiro atoms. The van der Waals surface area contributed by atoms with Crippen LogP contribution in [0.5, 0.6) is 0 Å². The fourth-order valence-electron chi connectivity index (χ4n) is 8.70. The fraction of sp³-hybridized carbons (Fsp3) is 0.426. The lowest BCUT2D eigenvalue weighted by Gasteiger charge is -2.26. The zero-order valence-electron chi connectivity index (χ0n) is 39.0. The highest BCUT2D eigenvalue weighted by Crippen LogP contribution is 2.48. The van der Waals surface area contributed by atoms with Crippen molar-refractivity contribution in [2.24, 2.45) is 0 Å². The number of benzene rings is 2. The highest BCUT2D eigenvalue weighted by molar-refractivity contribution is 7.86. The predicted molar refractivity (Wildman–Crippen MR) is 263 cm³/mol. The molecule has 3 aliphatic rings. The normalized spacial score (nSPS) is 17.9. The molecule has 69 heavy (non-hydrogen) atoms. The Labute approximate surface area is 405 Å². The van der Waals surface area contributed by atoms with Crippen LogP contribution in [0.4, 0.5) is 11.4 Å². The molecule has 0 unspecified atom stereocenters. The molecule has 0 saturated heterocycles. The van der Waals surface area contributed by atoms with E-state index in [1.807, 2.05) is 0 Å². The number of amides is 2. The van der Waals surface area contributed by atoms with Crippen molar-refractivity contribution in [2.45, 2.75) is 99.7 Å². The van der Waals surface area contributed by atoms with Crippen LogP contribution in [0.25, 0.3) is 0 Å². The Bertz CT molecular complexity index is 2980. The van der Waals surface area contributed by atoms with E-state index in [0.717, 1.165) is 31.3 Å². The summed E-state index contributed by atoms with van der Waals surface area (Å²) in [6.07, 6.45) is 19.0. The van der Waals surface area contributed by atoms with E-state index in [9.17, 15) is 61.5 Å². The van der Waals surface area contributed by atoms with Crippen molar-refractivity contribution in [1.29, 1.82) is 0 Å².